The van der Waals surface area contributed by atoms with E-state index in [9.17, 15) is 0 Å². The first kappa shape index (κ1) is 12.0. The van der Waals surface area contributed by atoms with E-state index >= 15 is 0 Å². The second-order valence-electron chi connectivity index (χ2n) is 3.71. The Hall–Kier alpha value is -1.06. The number of hydrogen-bond acceptors (Lipinski definition) is 3. The normalized spacial score (nSPS) is 12.5. The van der Waals surface area contributed by atoms with Crippen LogP contribution in [0.5, 0.6) is 5.75 Å². The van der Waals surface area contributed by atoms with E-state index in [0.29, 0.717) is 6.61 Å². The van der Waals surface area contributed by atoms with E-state index in [1.54, 1.807) is 14.2 Å². The fraction of sp³-hybridized carbons (Fsp3) is 0.500. The minimum Gasteiger partial charge on any atom is -0.496 e. The van der Waals surface area contributed by atoms with Gasteiger partial charge < -0.3 is 15.2 Å². The zero-order chi connectivity index (χ0) is 11.3. The lowest BCUT2D eigenvalue weighted by Gasteiger charge is -2.14. The van der Waals surface area contributed by atoms with Crippen LogP contribution in [0.2, 0.25) is 0 Å². The highest BCUT2D eigenvalue weighted by Crippen LogP contribution is 2.23. The number of ether oxygens (including phenoxy) is 2. The molecule has 1 atom stereocenters. The SMILES string of the molecule is COCc1c(CC(C)N)cccc1OC. The van der Waals surface area contributed by atoms with Gasteiger partial charge in [-0.1, -0.05) is 12.1 Å². The standard InChI is InChI=1S/C12H19NO2/c1-9(13)7-10-5-4-6-12(15-3)11(10)8-14-2/h4-6,9H,7-8,13H2,1-3H3. The van der Waals surface area contributed by atoms with Crippen LogP contribution in [0.25, 0.3) is 0 Å². The molecule has 3 nitrogen and oxygen atoms in total. The average molecular weight is 209 g/mol. The molecule has 0 saturated heterocycles. The molecule has 3 heteroatoms. The number of hydrogen-bond donors (Lipinski definition) is 1. The molecule has 0 fully saturated rings. The fourth-order valence-corrected chi connectivity index (χ4v) is 1.65. The molecule has 1 rings (SSSR count). The van der Waals surface area contributed by atoms with Crippen LogP contribution < -0.4 is 10.5 Å². The lowest BCUT2D eigenvalue weighted by molar-refractivity contribution is 0.180. The Morgan fingerprint density at radius 2 is 2.07 bits per heavy atom. The summed E-state index contributed by atoms with van der Waals surface area (Å²) in [7, 11) is 3.35. The van der Waals surface area contributed by atoms with Gasteiger partial charge in [-0.05, 0) is 25.0 Å². The Kier molecular flexibility index (Phi) is 4.59. The minimum absolute atomic E-state index is 0.146. The van der Waals surface area contributed by atoms with Crippen LogP contribution in [0.1, 0.15) is 18.1 Å². The van der Waals surface area contributed by atoms with Crippen molar-refractivity contribution in [2.24, 2.45) is 5.73 Å². The summed E-state index contributed by atoms with van der Waals surface area (Å²) in [4.78, 5) is 0. The number of rotatable bonds is 5. The third-order valence-corrected chi connectivity index (χ3v) is 2.28. The number of nitrogens with two attached hydrogens (primary N) is 1. The van der Waals surface area contributed by atoms with Crippen LogP contribution in [0.15, 0.2) is 18.2 Å². The summed E-state index contributed by atoms with van der Waals surface area (Å²) >= 11 is 0. The van der Waals surface area contributed by atoms with E-state index < -0.39 is 0 Å². The van der Waals surface area contributed by atoms with Crippen molar-refractivity contribution in [3.63, 3.8) is 0 Å². The molecule has 0 heterocycles. The van der Waals surface area contributed by atoms with E-state index in [2.05, 4.69) is 6.07 Å². The maximum absolute atomic E-state index is 5.80. The fourth-order valence-electron chi connectivity index (χ4n) is 1.65. The van der Waals surface area contributed by atoms with E-state index in [1.165, 1.54) is 5.56 Å². The van der Waals surface area contributed by atoms with Gasteiger partial charge in [0.15, 0.2) is 0 Å². The maximum Gasteiger partial charge on any atom is 0.124 e. The largest absolute Gasteiger partial charge is 0.496 e. The Labute approximate surface area is 91.2 Å². The summed E-state index contributed by atoms with van der Waals surface area (Å²) in [6.45, 7) is 2.56. The first-order valence-corrected chi connectivity index (χ1v) is 5.08. The Balaban J connectivity index is 3.01. The predicted octanol–water partition coefficient (Wildman–Crippen LogP) is 1.73. The van der Waals surface area contributed by atoms with E-state index in [4.69, 9.17) is 15.2 Å². The van der Waals surface area contributed by atoms with Crippen LogP contribution in [0.3, 0.4) is 0 Å². The second kappa shape index (κ2) is 5.73. The molecule has 0 spiro atoms. The van der Waals surface area contributed by atoms with Crippen LogP contribution in [0.4, 0.5) is 0 Å². The highest BCUT2D eigenvalue weighted by atomic mass is 16.5. The van der Waals surface area contributed by atoms with Crippen molar-refractivity contribution in [3.05, 3.63) is 29.3 Å². The molecule has 0 saturated carbocycles. The molecular formula is C12H19NO2. The molecule has 0 aromatic heterocycles. The molecule has 0 aliphatic carbocycles. The number of methoxy groups -OCH3 is 2. The topological polar surface area (TPSA) is 44.5 Å². The molecular weight excluding hydrogens is 190 g/mol. The summed E-state index contributed by atoms with van der Waals surface area (Å²) in [5.74, 6) is 0.870. The van der Waals surface area contributed by atoms with Gasteiger partial charge in [0, 0.05) is 18.7 Å². The molecule has 15 heavy (non-hydrogen) atoms. The van der Waals surface area contributed by atoms with Crippen LogP contribution in [0, 0.1) is 0 Å². The zero-order valence-electron chi connectivity index (χ0n) is 9.62. The third-order valence-electron chi connectivity index (χ3n) is 2.28. The molecule has 0 aliphatic rings. The smallest absolute Gasteiger partial charge is 0.124 e. The van der Waals surface area contributed by atoms with Crippen LogP contribution in [-0.4, -0.2) is 20.3 Å². The summed E-state index contributed by atoms with van der Waals surface area (Å²) in [5, 5.41) is 0. The van der Waals surface area contributed by atoms with Crippen molar-refractivity contribution < 1.29 is 9.47 Å². The maximum atomic E-state index is 5.80. The summed E-state index contributed by atoms with van der Waals surface area (Å²) in [6.07, 6.45) is 0.843. The van der Waals surface area contributed by atoms with Crippen molar-refractivity contribution in [3.8, 4) is 5.75 Å². The monoisotopic (exact) mass is 209 g/mol. The quantitative estimate of drug-likeness (QED) is 0.803. The lowest BCUT2D eigenvalue weighted by atomic mass is 10.0. The minimum atomic E-state index is 0.146. The predicted molar refractivity (Wildman–Crippen MR) is 61.1 cm³/mol. The molecule has 1 aromatic carbocycles. The van der Waals surface area contributed by atoms with Crippen molar-refractivity contribution in [1.29, 1.82) is 0 Å². The summed E-state index contributed by atoms with van der Waals surface area (Å²) in [6, 6.07) is 6.14. The van der Waals surface area contributed by atoms with Gasteiger partial charge in [0.1, 0.15) is 5.75 Å². The van der Waals surface area contributed by atoms with Gasteiger partial charge in [-0.25, -0.2) is 0 Å². The molecule has 0 aliphatic heterocycles. The molecule has 1 unspecified atom stereocenters. The van der Waals surface area contributed by atoms with Gasteiger partial charge >= 0.3 is 0 Å². The van der Waals surface area contributed by atoms with Gasteiger partial charge in [0.2, 0.25) is 0 Å². The van der Waals surface area contributed by atoms with Gasteiger partial charge in [-0.2, -0.15) is 0 Å². The Morgan fingerprint density at radius 1 is 1.33 bits per heavy atom. The van der Waals surface area contributed by atoms with E-state index in [-0.39, 0.29) is 6.04 Å². The molecule has 2 N–H and O–H groups in total. The highest BCUT2D eigenvalue weighted by molar-refractivity contribution is 5.40. The van der Waals surface area contributed by atoms with E-state index in [0.717, 1.165) is 17.7 Å². The lowest BCUT2D eigenvalue weighted by Crippen LogP contribution is -2.19. The van der Waals surface area contributed by atoms with Gasteiger partial charge in [-0.15, -0.1) is 0 Å². The molecule has 0 amide bonds. The van der Waals surface area contributed by atoms with Crippen molar-refractivity contribution in [2.45, 2.75) is 26.0 Å². The number of benzene rings is 1. The highest BCUT2D eigenvalue weighted by Gasteiger charge is 2.09. The summed E-state index contributed by atoms with van der Waals surface area (Å²) < 4.78 is 10.5. The first-order valence-electron chi connectivity index (χ1n) is 5.08. The average Bonchev–Trinajstić information content (AvgIpc) is 2.20. The van der Waals surface area contributed by atoms with Crippen molar-refractivity contribution >= 4 is 0 Å². The van der Waals surface area contributed by atoms with Crippen molar-refractivity contribution in [2.75, 3.05) is 14.2 Å². The van der Waals surface area contributed by atoms with Crippen molar-refractivity contribution in [1.82, 2.24) is 0 Å². The van der Waals surface area contributed by atoms with Crippen LogP contribution in [-0.2, 0) is 17.8 Å². The second-order valence-corrected chi connectivity index (χ2v) is 3.71. The summed E-state index contributed by atoms with van der Waals surface area (Å²) in [5.41, 5.74) is 8.10. The van der Waals surface area contributed by atoms with Crippen LogP contribution >= 0.6 is 0 Å². The first-order chi connectivity index (χ1) is 7.19. The molecule has 0 bridgehead atoms. The van der Waals surface area contributed by atoms with Gasteiger partial charge in [0.25, 0.3) is 0 Å². The van der Waals surface area contributed by atoms with E-state index in [1.807, 2.05) is 19.1 Å². The van der Waals surface area contributed by atoms with Gasteiger partial charge in [-0.3, -0.25) is 0 Å². The van der Waals surface area contributed by atoms with Gasteiger partial charge in [0.05, 0.1) is 13.7 Å². The molecule has 84 valence electrons. The molecule has 1 aromatic rings. The molecule has 0 radical (unpaired) electrons. The Morgan fingerprint density at radius 3 is 2.60 bits per heavy atom. The zero-order valence-corrected chi connectivity index (χ0v) is 9.62. The Bertz CT molecular complexity index is 310. The third kappa shape index (κ3) is 3.22.